The van der Waals surface area contributed by atoms with E-state index in [2.05, 4.69) is 11.0 Å². The van der Waals surface area contributed by atoms with Gasteiger partial charge in [-0.15, -0.1) is 0 Å². The molecule has 0 spiro atoms. The number of nitrogens with zero attached hydrogens (tertiary/aromatic N) is 2. The quantitative estimate of drug-likeness (QED) is 0.720. The molecule has 2 aromatic carbocycles. The van der Waals surface area contributed by atoms with Crippen LogP contribution in [0.5, 0.6) is 17.2 Å². The first kappa shape index (κ1) is 19.9. The summed E-state index contributed by atoms with van der Waals surface area (Å²) in [6.07, 6.45) is 0.0804. The largest absolute Gasteiger partial charge is 0.479 e. The summed E-state index contributed by atoms with van der Waals surface area (Å²) >= 11 is 6.17. The van der Waals surface area contributed by atoms with Crippen molar-refractivity contribution in [2.45, 2.75) is 26.0 Å². The maximum atomic E-state index is 12.9. The Morgan fingerprint density at radius 3 is 2.62 bits per heavy atom. The number of para-hydroxylation sites is 1. The SMILES string of the molecule is CCC(Oc1ccccc1Cl)C(=O)N1CCN(Cc2ccc3c(c2)OCO3)CC1. The molecule has 4 rings (SSSR count). The van der Waals surface area contributed by atoms with E-state index in [0.717, 1.165) is 31.1 Å². The van der Waals surface area contributed by atoms with Crippen LogP contribution in [-0.4, -0.2) is 54.8 Å². The monoisotopic (exact) mass is 416 g/mol. The van der Waals surface area contributed by atoms with Crippen molar-refractivity contribution in [1.29, 1.82) is 0 Å². The molecule has 0 N–H and O–H groups in total. The predicted molar refractivity (Wildman–Crippen MR) is 111 cm³/mol. The molecule has 0 aromatic heterocycles. The van der Waals surface area contributed by atoms with Crippen LogP contribution in [0.25, 0.3) is 0 Å². The number of amides is 1. The lowest BCUT2D eigenvalue weighted by molar-refractivity contribution is -0.140. The molecule has 0 radical (unpaired) electrons. The lowest BCUT2D eigenvalue weighted by Crippen LogP contribution is -2.52. The molecule has 2 aliphatic heterocycles. The zero-order valence-corrected chi connectivity index (χ0v) is 17.2. The van der Waals surface area contributed by atoms with E-state index in [9.17, 15) is 4.79 Å². The smallest absolute Gasteiger partial charge is 0.263 e. The van der Waals surface area contributed by atoms with Crippen molar-refractivity contribution in [2.24, 2.45) is 0 Å². The molecule has 0 aliphatic carbocycles. The van der Waals surface area contributed by atoms with Crippen LogP contribution in [0.4, 0.5) is 0 Å². The second-order valence-corrected chi connectivity index (χ2v) is 7.64. The van der Waals surface area contributed by atoms with Crippen molar-refractivity contribution in [1.82, 2.24) is 9.80 Å². The molecule has 29 heavy (non-hydrogen) atoms. The minimum absolute atomic E-state index is 0.0233. The first-order chi connectivity index (χ1) is 14.1. The number of fused-ring (bicyclic) bond motifs is 1. The highest BCUT2D eigenvalue weighted by Crippen LogP contribution is 2.33. The van der Waals surface area contributed by atoms with E-state index in [-0.39, 0.29) is 12.7 Å². The molecule has 1 unspecified atom stereocenters. The normalized spacial score (nSPS) is 17.2. The highest BCUT2D eigenvalue weighted by molar-refractivity contribution is 6.32. The predicted octanol–water partition coefficient (Wildman–Crippen LogP) is 3.57. The number of halogens is 1. The molecule has 154 valence electrons. The molecular weight excluding hydrogens is 392 g/mol. The Balaban J connectivity index is 1.31. The summed E-state index contributed by atoms with van der Waals surface area (Å²) in [7, 11) is 0. The number of ether oxygens (including phenoxy) is 3. The molecule has 0 bridgehead atoms. The maximum Gasteiger partial charge on any atom is 0.263 e. The van der Waals surface area contributed by atoms with Crippen LogP contribution >= 0.6 is 11.6 Å². The number of carbonyl (C=O) groups excluding carboxylic acids is 1. The second-order valence-electron chi connectivity index (χ2n) is 7.23. The van der Waals surface area contributed by atoms with Crippen molar-refractivity contribution >= 4 is 17.5 Å². The second kappa shape index (κ2) is 8.93. The van der Waals surface area contributed by atoms with E-state index >= 15 is 0 Å². The Kier molecular flexibility index (Phi) is 6.11. The number of hydrogen-bond donors (Lipinski definition) is 0. The number of piperazine rings is 1. The van der Waals surface area contributed by atoms with Crippen molar-refractivity contribution in [3.8, 4) is 17.2 Å². The third-order valence-corrected chi connectivity index (χ3v) is 5.59. The lowest BCUT2D eigenvalue weighted by Gasteiger charge is -2.36. The Bertz CT molecular complexity index is 868. The maximum absolute atomic E-state index is 12.9. The van der Waals surface area contributed by atoms with Crippen LogP contribution < -0.4 is 14.2 Å². The summed E-state index contributed by atoms with van der Waals surface area (Å²) in [4.78, 5) is 17.2. The van der Waals surface area contributed by atoms with Gasteiger partial charge in [-0.3, -0.25) is 9.69 Å². The van der Waals surface area contributed by atoms with E-state index in [1.807, 2.05) is 36.1 Å². The molecule has 1 atom stereocenters. The molecule has 7 heteroatoms. The molecule has 1 fully saturated rings. The van der Waals surface area contributed by atoms with Gasteiger partial charge in [0.05, 0.1) is 5.02 Å². The van der Waals surface area contributed by atoms with Crippen LogP contribution in [0, 0.1) is 0 Å². The number of hydrogen-bond acceptors (Lipinski definition) is 5. The van der Waals surface area contributed by atoms with E-state index in [0.29, 0.717) is 30.3 Å². The Labute approximate surface area is 175 Å². The molecule has 1 saturated heterocycles. The summed E-state index contributed by atoms with van der Waals surface area (Å²) in [5, 5.41) is 0.521. The van der Waals surface area contributed by atoms with Gasteiger partial charge in [-0.2, -0.15) is 0 Å². The molecule has 2 heterocycles. The molecule has 6 nitrogen and oxygen atoms in total. The fourth-order valence-corrected chi connectivity index (χ4v) is 3.81. The minimum Gasteiger partial charge on any atom is -0.479 e. The summed E-state index contributed by atoms with van der Waals surface area (Å²) in [5.74, 6) is 2.18. The van der Waals surface area contributed by atoms with E-state index in [1.165, 1.54) is 5.56 Å². The third-order valence-electron chi connectivity index (χ3n) is 5.28. The van der Waals surface area contributed by atoms with Crippen LogP contribution in [0.3, 0.4) is 0 Å². The molecule has 0 saturated carbocycles. The van der Waals surface area contributed by atoms with Crippen molar-refractivity contribution in [3.05, 3.63) is 53.1 Å². The third kappa shape index (κ3) is 4.60. The van der Waals surface area contributed by atoms with Gasteiger partial charge in [-0.05, 0) is 36.2 Å². The van der Waals surface area contributed by atoms with Gasteiger partial charge in [-0.1, -0.05) is 36.7 Å². The first-order valence-electron chi connectivity index (χ1n) is 9.95. The van der Waals surface area contributed by atoms with Crippen LogP contribution in [0.1, 0.15) is 18.9 Å². The molecule has 2 aromatic rings. The first-order valence-corrected chi connectivity index (χ1v) is 10.3. The molecule has 1 amide bonds. The number of carbonyl (C=O) groups is 1. The van der Waals surface area contributed by atoms with Crippen molar-refractivity contribution in [3.63, 3.8) is 0 Å². The molecule has 2 aliphatic rings. The van der Waals surface area contributed by atoms with Crippen LogP contribution in [0.15, 0.2) is 42.5 Å². The fraction of sp³-hybridized carbons (Fsp3) is 0.409. The zero-order chi connectivity index (χ0) is 20.2. The summed E-state index contributed by atoms with van der Waals surface area (Å²) in [6.45, 7) is 6.08. The van der Waals surface area contributed by atoms with Gasteiger partial charge in [0.15, 0.2) is 17.6 Å². The van der Waals surface area contributed by atoms with E-state index in [1.54, 1.807) is 12.1 Å². The summed E-state index contributed by atoms with van der Waals surface area (Å²) in [6, 6.07) is 13.3. The summed E-state index contributed by atoms with van der Waals surface area (Å²) in [5.41, 5.74) is 1.18. The highest BCUT2D eigenvalue weighted by atomic mass is 35.5. The average Bonchev–Trinajstić information content (AvgIpc) is 3.21. The average molecular weight is 417 g/mol. The topological polar surface area (TPSA) is 51.2 Å². The molecular formula is C22H25ClN2O4. The van der Waals surface area contributed by atoms with Crippen molar-refractivity contribution < 1.29 is 19.0 Å². The Morgan fingerprint density at radius 1 is 1.10 bits per heavy atom. The van der Waals surface area contributed by atoms with Gasteiger partial charge >= 0.3 is 0 Å². The van der Waals surface area contributed by atoms with E-state index in [4.69, 9.17) is 25.8 Å². The van der Waals surface area contributed by atoms with Gasteiger partial charge in [0.2, 0.25) is 6.79 Å². The fourth-order valence-electron chi connectivity index (χ4n) is 3.63. The Morgan fingerprint density at radius 2 is 1.86 bits per heavy atom. The highest BCUT2D eigenvalue weighted by Gasteiger charge is 2.28. The van der Waals surface area contributed by atoms with Gasteiger partial charge < -0.3 is 19.1 Å². The van der Waals surface area contributed by atoms with Gasteiger partial charge in [0.1, 0.15) is 5.75 Å². The lowest BCUT2D eigenvalue weighted by atomic mass is 10.1. The Hall–Kier alpha value is -2.44. The number of rotatable bonds is 6. The van der Waals surface area contributed by atoms with Gasteiger partial charge in [-0.25, -0.2) is 0 Å². The number of benzene rings is 2. The zero-order valence-electron chi connectivity index (χ0n) is 16.5. The van der Waals surface area contributed by atoms with Crippen molar-refractivity contribution in [2.75, 3.05) is 33.0 Å². The van der Waals surface area contributed by atoms with Gasteiger partial charge in [0, 0.05) is 32.7 Å². The summed E-state index contributed by atoms with van der Waals surface area (Å²) < 4.78 is 16.7. The van der Waals surface area contributed by atoms with Gasteiger partial charge in [0.25, 0.3) is 5.91 Å². The van der Waals surface area contributed by atoms with E-state index < -0.39 is 6.10 Å². The van der Waals surface area contributed by atoms with Crippen LogP contribution in [-0.2, 0) is 11.3 Å². The van der Waals surface area contributed by atoms with Crippen LogP contribution in [0.2, 0.25) is 5.02 Å². The standard InChI is InChI=1S/C22H25ClN2O4/c1-2-18(29-19-6-4-3-5-17(19)23)22(26)25-11-9-24(10-12-25)14-16-7-8-20-21(13-16)28-15-27-20/h3-8,13,18H,2,9-12,14-15H2,1H3. The minimum atomic E-state index is -0.518.